The largest absolute Gasteiger partial charge is 0.341 e. The molecule has 2 aromatic rings. The fraction of sp³-hybridized carbons (Fsp3) is 0.571. The second kappa shape index (κ2) is 5.48. The monoisotopic (exact) mass is 246 g/mol. The van der Waals surface area contributed by atoms with Gasteiger partial charge in [-0.15, -0.1) is 0 Å². The summed E-state index contributed by atoms with van der Waals surface area (Å²) in [5.74, 6) is 2.16. The van der Waals surface area contributed by atoms with Crippen molar-refractivity contribution in [2.75, 3.05) is 6.54 Å². The standard InChI is InChI=1S/C14H22N4/c1-9(2)4-11(7-15)6-13-17-12-5-10(3)8-16-14(12)18-13/h5,8-9,11H,4,6-7,15H2,1-3H3,(H,16,17,18). The Morgan fingerprint density at radius 1 is 1.39 bits per heavy atom. The third-order valence-corrected chi connectivity index (χ3v) is 3.14. The molecular weight excluding hydrogens is 224 g/mol. The zero-order valence-electron chi connectivity index (χ0n) is 11.4. The summed E-state index contributed by atoms with van der Waals surface area (Å²) in [6.07, 6.45) is 3.89. The second-order valence-electron chi connectivity index (χ2n) is 5.50. The Balaban J connectivity index is 2.15. The number of rotatable bonds is 5. The predicted octanol–water partition coefficient (Wildman–Crippen LogP) is 2.43. The maximum atomic E-state index is 5.83. The molecule has 4 heteroatoms. The van der Waals surface area contributed by atoms with Crippen LogP contribution in [0.2, 0.25) is 0 Å². The van der Waals surface area contributed by atoms with Crippen LogP contribution in [0.25, 0.3) is 11.2 Å². The summed E-state index contributed by atoms with van der Waals surface area (Å²) in [5, 5.41) is 0. The quantitative estimate of drug-likeness (QED) is 0.851. The number of fused-ring (bicyclic) bond motifs is 1. The number of imidazole rings is 1. The SMILES string of the molecule is Cc1cnc2nc(CC(CN)CC(C)C)[nH]c2c1. The highest BCUT2D eigenvalue weighted by atomic mass is 15.0. The van der Waals surface area contributed by atoms with Crippen LogP contribution in [0, 0.1) is 18.8 Å². The van der Waals surface area contributed by atoms with E-state index in [2.05, 4.69) is 34.9 Å². The molecule has 4 nitrogen and oxygen atoms in total. The number of hydrogen-bond donors (Lipinski definition) is 2. The summed E-state index contributed by atoms with van der Waals surface area (Å²) < 4.78 is 0. The number of hydrogen-bond acceptors (Lipinski definition) is 3. The van der Waals surface area contributed by atoms with Crippen LogP contribution >= 0.6 is 0 Å². The number of pyridine rings is 1. The van der Waals surface area contributed by atoms with Crippen LogP contribution in [-0.2, 0) is 6.42 Å². The molecule has 0 radical (unpaired) electrons. The summed E-state index contributed by atoms with van der Waals surface area (Å²) in [5.41, 5.74) is 8.80. The number of nitrogens with zero attached hydrogens (tertiary/aromatic N) is 2. The molecule has 0 spiro atoms. The summed E-state index contributed by atoms with van der Waals surface area (Å²) in [7, 11) is 0. The molecule has 1 atom stereocenters. The average molecular weight is 246 g/mol. The van der Waals surface area contributed by atoms with Crippen LogP contribution in [0.5, 0.6) is 0 Å². The van der Waals surface area contributed by atoms with Crippen molar-refractivity contribution in [2.45, 2.75) is 33.6 Å². The minimum Gasteiger partial charge on any atom is -0.341 e. The van der Waals surface area contributed by atoms with E-state index in [4.69, 9.17) is 5.73 Å². The smallest absolute Gasteiger partial charge is 0.177 e. The van der Waals surface area contributed by atoms with Crippen molar-refractivity contribution in [3.63, 3.8) is 0 Å². The van der Waals surface area contributed by atoms with E-state index in [1.807, 2.05) is 13.1 Å². The van der Waals surface area contributed by atoms with Gasteiger partial charge in [-0.25, -0.2) is 9.97 Å². The Bertz CT molecular complexity index is 515. The van der Waals surface area contributed by atoms with Gasteiger partial charge in [-0.2, -0.15) is 0 Å². The summed E-state index contributed by atoms with van der Waals surface area (Å²) in [4.78, 5) is 12.2. The molecule has 0 saturated heterocycles. The van der Waals surface area contributed by atoms with Gasteiger partial charge in [0.15, 0.2) is 5.65 Å². The van der Waals surface area contributed by atoms with Gasteiger partial charge in [-0.1, -0.05) is 13.8 Å². The Kier molecular flexibility index (Phi) is 3.97. The first-order valence-corrected chi connectivity index (χ1v) is 6.59. The van der Waals surface area contributed by atoms with Crippen molar-refractivity contribution in [3.8, 4) is 0 Å². The van der Waals surface area contributed by atoms with Gasteiger partial charge in [0.1, 0.15) is 5.82 Å². The molecule has 98 valence electrons. The fourth-order valence-corrected chi connectivity index (χ4v) is 2.35. The molecule has 0 aromatic carbocycles. The van der Waals surface area contributed by atoms with Gasteiger partial charge in [0.25, 0.3) is 0 Å². The average Bonchev–Trinajstić information content (AvgIpc) is 2.68. The van der Waals surface area contributed by atoms with E-state index >= 15 is 0 Å². The number of aryl methyl sites for hydroxylation is 1. The molecule has 0 saturated carbocycles. The minimum atomic E-state index is 0.492. The van der Waals surface area contributed by atoms with Gasteiger partial charge in [0, 0.05) is 12.6 Å². The Morgan fingerprint density at radius 2 is 2.17 bits per heavy atom. The molecule has 18 heavy (non-hydrogen) atoms. The number of H-pyrrole nitrogens is 1. The molecule has 2 aromatic heterocycles. The highest BCUT2D eigenvalue weighted by Crippen LogP contribution is 2.17. The maximum absolute atomic E-state index is 5.83. The summed E-state index contributed by atoms with van der Waals surface area (Å²) in [6.45, 7) is 7.20. The van der Waals surface area contributed by atoms with Crippen molar-refractivity contribution in [2.24, 2.45) is 17.6 Å². The van der Waals surface area contributed by atoms with E-state index in [1.165, 1.54) is 0 Å². The molecule has 2 heterocycles. The van der Waals surface area contributed by atoms with E-state index in [-0.39, 0.29) is 0 Å². The molecule has 0 aliphatic rings. The van der Waals surface area contributed by atoms with Crippen molar-refractivity contribution in [1.29, 1.82) is 0 Å². The summed E-state index contributed by atoms with van der Waals surface area (Å²) >= 11 is 0. The number of aromatic amines is 1. The van der Waals surface area contributed by atoms with Crippen LogP contribution in [0.1, 0.15) is 31.7 Å². The second-order valence-corrected chi connectivity index (χ2v) is 5.50. The predicted molar refractivity (Wildman–Crippen MR) is 74.3 cm³/mol. The molecule has 0 bridgehead atoms. The maximum Gasteiger partial charge on any atom is 0.177 e. The van der Waals surface area contributed by atoms with Crippen LogP contribution in [0.3, 0.4) is 0 Å². The van der Waals surface area contributed by atoms with Crippen LogP contribution in [0.15, 0.2) is 12.3 Å². The van der Waals surface area contributed by atoms with Crippen LogP contribution in [0.4, 0.5) is 0 Å². The van der Waals surface area contributed by atoms with E-state index < -0.39 is 0 Å². The molecular formula is C14H22N4. The molecule has 2 rings (SSSR count). The first kappa shape index (κ1) is 13.0. The van der Waals surface area contributed by atoms with Crippen LogP contribution in [-0.4, -0.2) is 21.5 Å². The van der Waals surface area contributed by atoms with Gasteiger partial charge in [0.2, 0.25) is 0 Å². The molecule has 3 N–H and O–H groups in total. The lowest BCUT2D eigenvalue weighted by molar-refractivity contribution is 0.410. The van der Waals surface area contributed by atoms with Gasteiger partial charge in [-0.05, 0) is 43.4 Å². The van der Waals surface area contributed by atoms with Gasteiger partial charge < -0.3 is 10.7 Å². The molecule has 0 fully saturated rings. The van der Waals surface area contributed by atoms with Crippen molar-refractivity contribution < 1.29 is 0 Å². The topological polar surface area (TPSA) is 67.6 Å². The normalized spacial score (nSPS) is 13.4. The first-order valence-electron chi connectivity index (χ1n) is 6.59. The molecule has 1 unspecified atom stereocenters. The number of nitrogens with one attached hydrogen (secondary N) is 1. The third kappa shape index (κ3) is 3.07. The molecule has 0 amide bonds. The van der Waals surface area contributed by atoms with E-state index in [9.17, 15) is 0 Å². The molecule has 0 aliphatic heterocycles. The lowest BCUT2D eigenvalue weighted by atomic mass is 9.94. The highest BCUT2D eigenvalue weighted by molar-refractivity contribution is 5.70. The van der Waals surface area contributed by atoms with E-state index in [1.54, 1.807) is 0 Å². The van der Waals surface area contributed by atoms with Crippen molar-refractivity contribution in [3.05, 3.63) is 23.7 Å². The van der Waals surface area contributed by atoms with E-state index in [0.717, 1.165) is 35.4 Å². The first-order chi connectivity index (χ1) is 8.58. The number of nitrogens with two attached hydrogens (primary N) is 1. The third-order valence-electron chi connectivity index (χ3n) is 3.14. The van der Waals surface area contributed by atoms with Crippen molar-refractivity contribution >= 4 is 11.2 Å². The van der Waals surface area contributed by atoms with E-state index in [0.29, 0.717) is 18.4 Å². The Labute approximate surface area is 108 Å². The Morgan fingerprint density at radius 3 is 2.83 bits per heavy atom. The van der Waals surface area contributed by atoms with Crippen molar-refractivity contribution in [1.82, 2.24) is 15.0 Å². The molecule has 0 aliphatic carbocycles. The van der Waals surface area contributed by atoms with Crippen LogP contribution < -0.4 is 5.73 Å². The summed E-state index contributed by atoms with van der Waals surface area (Å²) in [6, 6.07) is 2.08. The zero-order chi connectivity index (χ0) is 13.1. The lowest BCUT2D eigenvalue weighted by Crippen LogP contribution is -2.19. The zero-order valence-corrected chi connectivity index (χ0v) is 11.4. The Hall–Kier alpha value is -1.42. The van der Waals surface area contributed by atoms with Gasteiger partial charge >= 0.3 is 0 Å². The highest BCUT2D eigenvalue weighted by Gasteiger charge is 2.13. The minimum absolute atomic E-state index is 0.492. The fourth-order valence-electron chi connectivity index (χ4n) is 2.35. The number of aromatic nitrogens is 3. The van der Waals surface area contributed by atoms with Gasteiger partial charge in [0.05, 0.1) is 5.52 Å². The lowest BCUT2D eigenvalue weighted by Gasteiger charge is -2.15. The van der Waals surface area contributed by atoms with Gasteiger partial charge in [-0.3, -0.25) is 0 Å².